The highest BCUT2D eigenvalue weighted by molar-refractivity contribution is 5.81. The van der Waals surface area contributed by atoms with E-state index in [9.17, 15) is 0 Å². The molecule has 0 radical (unpaired) electrons. The average molecular weight is 439 g/mol. The lowest BCUT2D eigenvalue weighted by Crippen LogP contribution is -2.05. The van der Waals surface area contributed by atoms with Gasteiger partial charge in [-0.25, -0.2) is 0 Å². The van der Waals surface area contributed by atoms with E-state index in [4.69, 9.17) is 9.72 Å². The molecule has 1 unspecified atom stereocenters. The molecule has 0 aliphatic rings. The highest BCUT2D eigenvalue weighted by atomic mass is 16.5. The molecule has 1 aromatic heterocycles. The summed E-state index contributed by atoms with van der Waals surface area (Å²) >= 11 is 0. The van der Waals surface area contributed by atoms with Crippen LogP contribution in [-0.4, -0.2) is 16.2 Å². The van der Waals surface area contributed by atoms with Crippen LogP contribution >= 0.6 is 0 Å². The highest BCUT2D eigenvalue weighted by Crippen LogP contribution is 2.37. The van der Waals surface area contributed by atoms with Gasteiger partial charge in [0.1, 0.15) is 5.69 Å². The van der Waals surface area contributed by atoms with E-state index < -0.39 is 0 Å². The Labute approximate surface area is 198 Å². The van der Waals surface area contributed by atoms with Crippen molar-refractivity contribution in [3.05, 3.63) is 91.0 Å². The Balaban J connectivity index is 1.68. The van der Waals surface area contributed by atoms with Crippen molar-refractivity contribution in [2.24, 2.45) is 5.92 Å². The van der Waals surface area contributed by atoms with E-state index in [1.54, 1.807) is 0 Å². The Hall–Kier alpha value is -3.33. The Morgan fingerprint density at radius 3 is 2.00 bits per heavy atom. The normalized spacial score (nSPS) is 11.9. The first-order valence-electron chi connectivity index (χ1n) is 12.2. The number of hydrogen-bond donors (Lipinski definition) is 0. The summed E-state index contributed by atoms with van der Waals surface area (Å²) < 4.78 is 8.50. The summed E-state index contributed by atoms with van der Waals surface area (Å²) in [6, 6.07) is 31.9. The van der Waals surface area contributed by atoms with Gasteiger partial charge in [0, 0.05) is 11.1 Å². The molecule has 33 heavy (non-hydrogen) atoms. The maximum atomic E-state index is 6.34. The van der Waals surface area contributed by atoms with Crippen molar-refractivity contribution in [3.8, 4) is 34.2 Å². The van der Waals surface area contributed by atoms with Crippen molar-refractivity contribution >= 4 is 0 Å². The summed E-state index contributed by atoms with van der Waals surface area (Å²) in [4.78, 5) is 5.03. The van der Waals surface area contributed by atoms with E-state index in [0.29, 0.717) is 12.6 Å². The number of unbranched alkanes of at least 4 members (excludes halogenated alkanes) is 2. The van der Waals surface area contributed by atoms with Gasteiger partial charge in [-0.15, -0.1) is 0 Å². The van der Waals surface area contributed by atoms with E-state index in [2.05, 4.69) is 91.2 Å². The molecule has 0 bridgehead atoms. The first-order chi connectivity index (χ1) is 16.3. The zero-order valence-electron chi connectivity index (χ0n) is 19.8. The van der Waals surface area contributed by atoms with Crippen molar-refractivity contribution < 1.29 is 4.74 Å². The van der Waals surface area contributed by atoms with Gasteiger partial charge in [0.15, 0.2) is 0 Å². The standard InChI is InChI=1S/C30H34N2O/c1-3-24(2)16-8-7-15-23-33-30-31-28(25-17-9-4-10-18-25)29(26-19-11-5-12-20-26)32(30)27-21-13-6-14-22-27/h4-6,9-14,17-22,24H,3,7-8,15-16,23H2,1-2H3. The maximum absolute atomic E-state index is 6.34. The molecule has 0 N–H and O–H groups in total. The second-order valence-corrected chi connectivity index (χ2v) is 8.71. The summed E-state index contributed by atoms with van der Waals surface area (Å²) in [5.41, 5.74) is 5.26. The SMILES string of the molecule is CCC(C)CCCCCOc1nc(-c2ccccc2)c(-c2ccccc2)n1-c1ccccc1. The summed E-state index contributed by atoms with van der Waals surface area (Å²) in [5.74, 6) is 0.810. The molecule has 3 aromatic carbocycles. The van der Waals surface area contributed by atoms with Crippen LogP contribution in [0.1, 0.15) is 46.0 Å². The van der Waals surface area contributed by atoms with Crippen molar-refractivity contribution in [2.75, 3.05) is 6.61 Å². The molecule has 1 heterocycles. The molecule has 0 spiro atoms. The van der Waals surface area contributed by atoms with Gasteiger partial charge in [-0.1, -0.05) is 118 Å². The van der Waals surface area contributed by atoms with E-state index >= 15 is 0 Å². The predicted molar refractivity (Wildman–Crippen MR) is 138 cm³/mol. The number of rotatable bonds is 11. The lowest BCUT2D eigenvalue weighted by molar-refractivity contribution is 0.276. The van der Waals surface area contributed by atoms with E-state index in [0.717, 1.165) is 40.5 Å². The molecule has 0 aliphatic heterocycles. The minimum atomic E-state index is 0.654. The zero-order chi connectivity index (χ0) is 22.9. The fraction of sp³-hybridized carbons (Fsp3) is 0.300. The number of ether oxygens (including phenoxy) is 1. The molecule has 3 heteroatoms. The third-order valence-electron chi connectivity index (χ3n) is 6.22. The van der Waals surface area contributed by atoms with Gasteiger partial charge in [0.25, 0.3) is 0 Å². The van der Waals surface area contributed by atoms with Crippen LogP contribution in [0.25, 0.3) is 28.2 Å². The van der Waals surface area contributed by atoms with Crippen molar-refractivity contribution in [1.82, 2.24) is 9.55 Å². The van der Waals surface area contributed by atoms with Gasteiger partial charge in [-0.05, 0) is 24.5 Å². The van der Waals surface area contributed by atoms with Crippen molar-refractivity contribution in [2.45, 2.75) is 46.0 Å². The molecular formula is C30H34N2O. The van der Waals surface area contributed by atoms with Gasteiger partial charge in [0.05, 0.1) is 18.0 Å². The van der Waals surface area contributed by atoms with Crippen molar-refractivity contribution in [3.63, 3.8) is 0 Å². The topological polar surface area (TPSA) is 27.1 Å². The lowest BCUT2D eigenvalue weighted by atomic mass is 10.0. The third-order valence-corrected chi connectivity index (χ3v) is 6.22. The first-order valence-corrected chi connectivity index (χ1v) is 12.2. The van der Waals surface area contributed by atoms with Crippen LogP contribution in [-0.2, 0) is 0 Å². The number of imidazole rings is 1. The van der Waals surface area contributed by atoms with Crippen LogP contribution in [0.2, 0.25) is 0 Å². The Bertz CT molecular complexity index is 1100. The molecule has 4 rings (SSSR count). The van der Waals surface area contributed by atoms with Crippen LogP contribution in [0.4, 0.5) is 0 Å². The Morgan fingerprint density at radius 1 is 0.758 bits per heavy atom. The molecular weight excluding hydrogens is 404 g/mol. The summed E-state index contributed by atoms with van der Waals surface area (Å²) in [6.45, 7) is 5.28. The lowest BCUT2D eigenvalue weighted by Gasteiger charge is -2.13. The van der Waals surface area contributed by atoms with Gasteiger partial charge < -0.3 is 4.74 Å². The van der Waals surface area contributed by atoms with Gasteiger partial charge in [0.2, 0.25) is 0 Å². The molecule has 0 saturated carbocycles. The van der Waals surface area contributed by atoms with Gasteiger partial charge >= 0.3 is 6.01 Å². The second-order valence-electron chi connectivity index (χ2n) is 8.71. The number of para-hydroxylation sites is 1. The molecule has 0 amide bonds. The van der Waals surface area contributed by atoms with E-state index in [1.807, 2.05) is 18.2 Å². The Kier molecular flexibility index (Phi) is 7.97. The first kappa shape index (κ1) is 22.8. The fourth-order valence-corrected chi connectivity index (χ4v) is 4.11. The molecule has 0 aliphatic carbocycles. The Morgan fingerprint density at radius 2 is 1.36 bits per heavy atom. The monoisotopic (exact) mass is 438 g/mol. The smallest absolute Gasteiger partial charge is 0.302 e. The number of nitrogens with zero attached hydrogens (tertiary/aromatic N) is 2. The average Bonchev–Trinajstić information content (AvgIpc) is 3.27. The van der Waals surface area contributed by atoms with E-state index in [1.165, 1.54) is 25.7 Å². The van der Waals surface area contributed by atoms with Crippen LogP contribution in [0.5, 0.6) is 6.01 Å². The molecule has 4 aromatic rings. The molecule has 170 valence electrons. The van der Waals surface area contributed by atoms with Crippen LogP contribution in [0, 0.1) is 5.92 Å². The third kappa shape index (κ3) is 5.73. The van der Waals surface area contributed by atoms with Gasteiger partial charge in [-0.3, -0.25) is 4.57 Å². The molecule has 3 nitrogen and oxygen atoms in total. The quantitative estimate of drug-likeness (QED) is 0.221. The largest absolute Gasteiger partial charge is 0.464 e. The molecule has 1 atom stereocenters. The van der Waals surface area contributed by atoms with E-state index in [-0.39, 0.29) is 0 Å². The minimum absolute atomic E-state index is 0.654. The van der Waals surface area contributed by atoms with Crippen molar-refractivity contribution in [1.29, 1.82) is 0 Å². The molecule has 0 fully saturated rings. The predicted octanol–water partition coefficient (Wildman–Crippen LogP) is 8.19. The fourth-order valence-electron chi connectivity index (χ4n) is 4.11. The van der Waals surface area contributed by atoms with Crippen LogP contribution in [0.15, 0.2) is 91.0 Å². The highest BCUT2D eigenvalue weighted by Gasteiger charge is 2.22. The number of aromatic nitrogens is 2. The number of benzene rings is 3. The summed E-state index contributed by atoms with van der Waals surface area (Å²) in [5, 5.41) is 0. The second kappa shape index (κ2) is 11.5. The van der Waals surface area contributed by atoms with Gasteiger partial charge in [-0.2, -0.15) is 4.98 Å². The minimum Gasteiger partial charge on any atom is -0.464 e. The van der Waals surface area contributed by atoms with Crippen LogP contribution < -0.4 is 4.74 Å². The zero-order valence-corrected chi connectivity index (χ0v) is 19.8. The number of hydrogen-bond acceptors (Lipinski definition) is 2. The maximum Gasteiger partial charge on any atom is 0.302 e. The molecule has 0 saturated heterocycles. The van der Waals surface area contributed by atoms with Crippen LogP contribution in [0.3, 0.4) is 0 Å². The summed E-state index contributed by atoms with van der Waals surface area (Å²) in [6.07, 6.45) is 6.05. The summed E-state index contributed by atoms with van der Waals surface area (Å²) in [7, 11) is 0.